The number of nitrogens with two attached hydrogens (primary N) is 1. The Bertz CT molecular complexity index is 669. The highest BCUT2D eigenvalue weighted by atomic mass is 35.5. The van der Waals surface area contributed by atoms with Crippen molar-refractivity contribution in [3.05, 3.63) is 46.6 Å². The molecule has 1 aliphatic rings. The summed E-state index contributed by atoms with van der Waals surface area (Å²) in [5.74, 6) is 1.23. The van der Waals surface area contributed by atoms with E-state index in [1.54, 1.807) is 0 Å². The van der Waals surface area contributed by atoms with Crippen LogP contribution in [0.15, 0.2) is 30.3 Å². The molecule has 128 valence electrons. The molecule has 0 saturated carbocycles. The summed E-state index contributed by atoms with van der Waals surface area (Å²) in [5, 5.41) is 7.42. The van der Waals surface area contributed by atoms with E-state index in [0.29, 0.717) is 18.5 Å². The van der Waals surface area contributed by atoms with Crippen molar-refractivity contribution in [2.75, 3.05) is 37.3 Å². The zero-order chi connectivity index (χ0) is 16.9. The Hall–Kier alpha value is -1.89. The highest BCUT2D eigenvalue weighted by Gasteiger charge is 2.26. The lowest BCUT2D eigenvalue weighted by molar-refractivity contribution is 0.447. The van der Waals surface area contributed by atoms with E-state index in [1.165, 1.54) is 5.56 Å². The van der Waals surface area contributed by atoms with E-state index < -0.39 is 0 Å². The largest absolute Gasteiger partial charge is 0.368 e. The van der Waals surface area contributed by atoms with E-state index in [4.69, 9.17) is 17.3 Å². The molecule has 6 nitrogen and oxygen atoms in total. The number of hydrogen-bond donors (Lipinski definition) is 3. The van der Waals surface area contributed by atoms with Gasteiger partial charge < -0.3 is 21.3 Å². The number of anilines is 2. The zero-order valence-corrected chi connectivity index (χ0v) is 14.6. The topological polar surface area (TPSA) is 79.1 Å². The normalized spacial score (nSPS) is 14.7. The summed E-state index contributed by atoms with van der Waals surface area (Å²) in [6.45, 7) is 3.45. The molecule has 1 fully saturated rings. The first-order valence-electron chi connectivity index (χ1n) is 8.15. The van der Waals surface area contributed by atoms with Crippen molar-refractivity contribution in [3.63, 3.8) is 0 Å². The number of benzene rings is 1. The molecule has 0 radical (unpaired) electrons. The van der Waals surface area contributed by atoms with Gasteiger partial charge in [-0.1, -0.05) is 23.7 Å². The van der Waals surface area contributed by atoms with Gasteiger partial charge in [-0.25, -0.2) is 4.98 Å². The second kappa shape index (κ2) is 7.79. The molecule has 24 heavy (non-hydrogen) atoms. The van der Waals surface area contributed by atoms with Crippen LogP contribution in [0, 0.1) is 0 Å². The quantitative estimate of drug-likeness (QED) is 0.659. The number of likely N-dealkylation sites (N-methyl/N-ethyl adjacent to an activating group) is 1. The lowest BCUT2D eigenvalue weighted by Crippen LogP contribution is -2.57. The first kappa shape index (κ1) is 17.0. The van der Waals surface area contributed by atoms with Crippen molar-refractivity contribution >= 4 is 23.4 Å². The Morgan fingerprint density at radius 3 is 2.71 bits per heavy atom. The molecule has 2 heterocycles. The third-order valence-corrected chi connectivity index (χ3v) is 4.46. The number of halogens is 1. The van der Waals surface area contributed by atoms with Gasteiger partial charge in [-0.05, 0) is 37.7 Å². The minimum absolute atomic E-state index is 0.329. The number of hydrogen-bond acceptors (Lipinski definition) is 6. The van der Waals surface area contributed by atoms with E-state index in [0.717, 1.165) is 42.6 Å². The van der Waals surface area contributed by atoms with Crippen molar-refractivity contribution in [3.8, 4) is 0 Å². The smallest absolute Gasteiger partial charge is 0.222 e. The molecule has 1 aromatic carbocycles. The summed E-state index contributed by atoms with van der Waals surface area (Å²) in [5.41, 5.74) is 8.02. The molecule has 1 saturated heterocycles. The summed E-state index contributed by atoms with van der Waals surface area (Å²) in [6.07, 6.45) is 0.945. The van der Waals surface area contributed by atoms with Gasteiger partial charge in [0.2, 0.25) is 5.95 Å². The van der Waals surface area contributed by atoms with Crippen molar-refractivity contribution in [2.45, 2.75) is 19.0 Å². The monoisotopic (exact) mass is 346 g/mol. The van der Waals surface area contributed by atoms with Gasteiger partial charge in [0.1, 0.15) is 5.82 Å². The van der Waals surface area contributed by atoms with Crippen molar-refractivity contribution in [1.29, 1.82) is 0 Å². The Balaban J connectivity index is 1.50. The SMILES string of the molecule is CNC1CN(c2cc(CNCCc3ccc(Cl)cc3)nc(N)n2)C1. The van der Waals surface area contributed by atoms with Crippen LogP contribution in [-0.2, 0) is 13.0 Å². The summed E-state index contributed by atoms with van der Waals surface area (Å²) >= 11 is 5.89. The fourth-order valence-electron chi connectivity index (χ4n) is 2.70. The molecule has 2 aromatic rings. The van der Waals surface area contributed by atoms with Crippen molar-refractivity contribution in [2.24, 2.45) is 0 Å². The van der Waals surface area contributed by atoms with Crippen LogP contribution in [0.3, 0.4) is 0 Å². The molecule has 0 atom stereocenters. The lowest BCUT2D eigenvalue weighted by Gasteiger charge is -2.40. The third kappa shape index (κ3) is 4.35. The lowest BCUT2D eigenvalue weighted by atomic mass is 10.1. The summed E-state index contributed by atoms with van der Waals surface area (Å²) in [6, 6.07) is 10.5. The Kier molecular flexibility index (Phi) is 5.50. The van der Waals surface area contributed by atoms with Gasteiger partial charge in [-0.15, -0.1) is 0 Å². The zero-order valence-electron chi connectivity index (χ0n) is 13.8. The van der Waals surface area contributed by atoms with Crippen molar-refractivity contribution in [1.82, 2.24) is 20.6 Å². The minimum Gasteiger partial charge on any atom is -0.368 e. The highest BCUT2D eigenvalue weighted by Crippen LogP contribution is 2.20. The molecule has 7 heteroatoms. The molecule has 4 N–H and O–H groups in total. The molecular weight excluding hydrogens is 324 g/mol. The molecule has 0 bridgehead atoms. The van der Waals surface area contributed by atoms with Gasteiger partial charge >= 0.3 is 0 Å². The summed E-state index contributed by atoms with van der Waals surface area (Å²) in [4.78, 5) is 10.9. The van der Waals surface area contributed by atoms with Crippen LogP contribution in [-0.4, -0.2) is 42.7 Å². The average molecular weight is 347 g/mol. The summed E-state index contributed by atoms with van der Waals surface area (Å²) in [7, 11) is 1.98. The Morgan fingerprint density at radius 1 is 1.25 bits per heavy atom. The van der Waals surface area contributed by atoms with Gasteiger partial charge in [-0.2, -0.15) is 4.98 Å². The van der Waals surface area contributed by atoms with E-state index in [9.17, 15) is 0 Å². The van der Waals surface area contributed by atoms with E-state index in [-0.39, 0.29) is 0 Å². The van der Waals surface area contributed by atoms with Crippen LogP contribution in [0.2, 0.25) is 5.02 Å². The molecule has 1 aliphatic heterocycles. The number of aromatic nitrogens is 2. The predicted molar refractivity (Wildman–Crippen MR) is 98.4 cm³/mol. The van der Waals surface area contributed by atoms with E-state index >= 15 is 0 Å². The molecule has 1 aromatic heterocycles. The molecule has 0 spiro atoms. The first-order valence-corrected chi connectivity index (χ1v) is 8.52. The average Bonchev–Trinajstić information content (AvgIpc) is 2.52. The fraction of sp³-hybridized carbons (Fsp3) is 0.412. The fourth-order valence-corrected chi connectivity index (χ4v) is 2.83. The molecular formula is C17H23ClN6. The van der Waals surface area contributed by atoms with Crippen LogP contribution < -0.4 is 21.3 Å². The molecule has 0 aliphatic carbocycles. The van der Waals surface area contributed by atoms with Gasteiger partial charge in [0.05, 0.1) is 5.69 Å². The second-order valence-electron chi connectivity index (χ2n) is 6.02. The Morgan fingerprint density at radius 2 is 2.00 bits per heavy atom. The highest BCUT2D eigenvalue weighted by molar-refractivity contribution is 6.30. The van der Waals surface area contributed by atoms with Gasteiger partial charge in [0.25, 0.3) is 0 Å². The van der Waals surface area contributed by atoms with Crippen LogP contribution in [0.1, 0.15) is 11.3 Å². The molecule has 3 rings (SSSR count). The maximum atomic E-state index is 5.89. The first-order chi connectivity index (χ1) is 11.6. The third-order valence-electron chi connectivity index (χ3n) is 4.21. The van der Waals surface area contributed by atoms with Gasteiger partial charge in [0.15, 0.2) is 0 Å². The Labute approximate surface area is 147 Å². The van der Waals surface area contributed by atoms with Crippen molar-refractivity contribution < 1.29 is 0 Å². The number of nitrogen functional groups attached to an aromatic ring is 1. The van der Waals surface area contributed by atoms with Crippen LogP contribution in [0.25, 0.3) is 0 Å². The van der Waals surface area contributed by atoms with E-state index in [1.807, 2.05) is 37.4 Å². The maximum Gasteiger partial charge on any atom is 0.222 e. The number of rotatable bonds is 7. The van der Waals surface area contributed by atoms with Crippen LogP contribution in [0.5, 0.6) is 0 Å². The number of nitrogens with one attached hydrogen (secondary N) is 2. The standard InChI is InChI=1S/C17H23ClN6/c1-20-15-10-24(11-15)16-8-14(22-17(19)23-16)9-21-7-6-12-2-4-13(18)5-3-12/h2-5,8,15,20-21H,6-7,9-11H2,1H3,(H2,19,22,23). The maximum absolute atomic E-state index is 5.89. The number of nitrogens with zero attached hydrogens (tertiary/aromatic N) is 3. The molecule has 0 amide bonds. The second-order valence-corrected chi connectivity index (χ2v) is 6.46. The van der Waals surface area contributed by atoms with Gasteiger partial charge in [0, 0.05) is 36.8 Å². The van der Waals surface area contributed by atoms with Crippen LogP contribution >= 0.6 is 11.6 Å². The minimum atomic E-state index is 0.329. The summed E-state index contributed by atoms with van der Waals surface area (Å²) < 4.78 is 0. The van der Waals surface area contributed by atoms with E-state index in [2.05, 4.69) is 25.5 Å². The molecule has 0 unspecified atom stereocenters. The van der Waals surface area contributed by atoms with Gasteiger partial charge in [-0.3, -0.25) is 0 Å². The van der Waals surface area contributed by atoms with Crippen LogP contribution in [0.4, 0.5) is 11.8 Å². The predicted octanol–water partition coefficient (Wildman–Crippen LogP) is 1.45.